The summed E-state index contributed by atoms with van der Waals surface area (Å²) in [6.45, 7) is 0. The summed E-state index contributed by atoms with van der Waals surface area (Å²) < 4.78 is 47.5. The first kappa shape index (κ1) is 11.4. The Balaban J connectivity index is 2.90. The Morgan fingerprint density at radius 1 is 1.36 bits per heavy atom. The average Bonchev–Trinajstić information content (AvgIpc) is 2.01. The summed E-state index contributed by atoms with van der Waals surface area (Å²) in [5, 5.41) is 0. The van der Waals surface area contributed by atoms with Crippen molar-refractivity contribution in [3.8, 4) is 0 Å². The van der Waals surface area contributed by atoms with Crippen molar-refractivity contribution in [2.75, 3.05) is 6.26 Å². The summed E-state index contributed by atoms with van der Waals surface area (Å²) in [5.74, 6) is 0.157. The van der Waals surface area contributed by atoms with Gasteiger partial charge >= 0.3 is 6.18 Å². The molecular formula is C9H9F3OS. The molecule has 1 rings (SSSR count). The monoisotopic (exact) mass is 222 g/mol. The molecule has 1 nitrogen and oxygen atoms in total. The zero-order chi connectivity index (χ0) is 10.8. The molecule has 1 unspecified atom stereocenters. The molecule has 0 heterocycles. The molecule has 5 heteroatoms. The average molecular weight is 222 g/mol. The highest BCUT2D eigenvalue weighted by Gasteiger charge is 2.30. The molecule has 0 saturated heterocycles. The van der Waals surface area contributed by atoms with Crippen molar-refractivity contribution in [1.82, 2.24) is 0 Å². The number of alkyl halides is 3. The predicted molar refractivity (Wildman–Crippen MR) is 49.2 cm³/mol. The number of rotatable bonds is 2. The van der Waals surface area contributed by atoms with E-state index < -0.39 is 22.9 Å². The number of halogens is 3. The van der Waals surface area contributed by atoms with Gasteiger partial charge in [0.25, 0.3) is 0 Å². The Morgan fingerprint density at radius 2 is 2.00 bits per heavy atom. The zero-order valence-electron chi connectivity index (χ0n) is 7.47. The summed E-state index contributed by atoms with van der Waals surface area (Å²) in [6, 6.07) is 4.89. The van der Waals surface area contributed by atoms with E-state index in [1.54, 1.807) is 0 Å². The summed E-state index contributed by atoms with van der Waals surface area (Å²) in [6.07, 6.45) is -2.87. The molecule has 0 fully saturated rings. The summed E-state index contributed by atoms with van der Waals surface area (Å²) >= 11 is -1.12. The lowest BCUT2D eigenvalue weighted by Gasteiger charge is -2.09. The van der Waals surface area contributed by atoms with Crippen molar-refractivity contribution in [2.24, 2.45) is 0 Å². The smallest absolute Gasteiger partial charge is 0.416 e. The van der Waals surface area contributed by atoms with Gasteiger partial charge in [0, 0.05) is 5.56 Å². The SMILES string of the molecule is C[S+]([O-])Cc1cccc(C(F)(F)F)c1. The third kappa shape index (κ3) is 3.23. The molecule has 0 saturated carbocycles. The van der Waals surface area contributed by atoms with Gasteiger partial charge in [-0.15, -0.1) is 0 Å². The molecule has 0 N–H and O–H groups in total. The second kappa shape index (κ2) is 4.23. The largest absolute Gasteiger partial charge is 0.616 e. The third-order valence-electron chi connectivity index (χ3n) is 1.62. The summed E-state index contributed by atoms with van der Waals surface area (Å²) in [7, 11) is 0. The quantitative estimate of drug-likeness (QED) is 0.705. The maximum atomic E-state index is 12.2. The van der Waals surface area contributed by atoms with Crippen LogP contribution in [0.5, 0.6) is 0 Å². The van der Waals surface area contributed by atoms with Gasteiger partial charge < -0.3 is 4.55 Å². The lowest BCUT2D eigenvalue weighted by atomic mass is 10.1. The predicted octanol–water partition coefficient (Wildman–Crippen LogP) is 2.58. The van der Waals surface area contributed by atoms with Crippen molar-refractivity contribution in [1.29, 1.82) is 0 Å². The highest BCUT2D eigenvalue weighted by atomic mass is 32.2. The first-order valence-electron chi connectivity index (χ1n) is 3.86. The maximum absolute atomic E-state index is 12.2. The minimum Gasteiger partial charge on any atom is -0.616 e. The van der Waals surface area contributed by atoms with Crippen molar-refractivity contribution in [3.63, 3.8) is 0 Å². The number of hydrogen-bond donors (Lipinski definition) is 0. The molecule has 1 atom stereocenters. The zero-order valence-corrected chi connectivity index (χ0v) is 8.28. The molecule has 0 spiro atoms. The van der Waals surface area contributed by atoms with Crippen LogP contribution < -0.4 is 0 Å². The molecule has 14 heavy (non-hydrogen) atoms. The first-order chi connectivity index (χ1) is 6.39. The minimum atomic E-state index is -4.33. The summed E-state index contributed by atoms with van der Waals surface area (Å²) in [4.78, 5) is 0. The van der Waals surface area contributed by atoms with Crippen molar-refractivity contribution < 1.29 is 17.7 Å². The molecule has 1 aromatic carbocycles. The van der Waals surface area contributed by atoms with Gasteiger partial charge in [0.15, 0.2) is 0 Å². The third-order valence-corrected chi connectivity index (χ3v) is 2.36. The van der Waals surface area contributed by atoms with E-state index in [4.69, 9.17) is 0 Å². The van der Waals surface area contributed by atoms with Gasteiger partial charge in [-0.1, -0.05) is 23.3 Å². The molecule has 0 aliphatic rings. The van der Waals surface area contributed by atoms with Crippen LogP contribution in [0.1, 0.15) is 11.1 Å². The Kier molecular flexibility index (Phi) is 3.44. The van der Waals surface area contributed by atoms with Crippen LogP contribution in [0.2, 0.25) is 0 Å². The fourth-order valence-electron chi connectivity index (χ4n) is 1.07. The molecule has 0 amide bonds. The normalized spacial score (nSPS) is 14.1. The van der Waals surface area contributed by atoms with Crippen molar-refractivity contribution in [2.45, 2.75) is 11.9 Å². The van der Waals surface area contributed by atoms with Crippen molar-refractivity contribution in [3.05, 3.63) is 35.4 Å². The molecule has 0 aliphatic carbocycles. The van der Waals surface area contributed by atoms with Crippen molar-refractivity contribution >= 4 is 11.2 Å². The van der Waals surface area contributed by atoms with E-state index in [1.165, 1.54) is 18.4 Å². The maximum Gasteiger partial charge on any atom is 0.416 e. The Morgan fingerprint density at radius 3 is 2.50 bits per heavy atom. The molecule has 1 aromatic rings. The Labute approximate surface area is 83.1 Å². The van der Waals surface area contributed by atoms with Gasteiger partial charge in [0.05, 0.1) is 11.8 Å². The van der Waals surface area contributed by atoms with Crippen LogP contribution in [0.25, 0.3) is 0 Å². The summed E-state index contributed by atoms with van der Waals surface area (Å²) in [5.41, 5.74) is -0.249. The van der Waals surface area contributed by atoms with Gasteiger partial charge in [-0.2, -0.15) is 13.2 Å². The van der Waals surface area contributed by atoms with E-state index >= 15 is 0 Å². The second-order valence-electron chi connectivity index (χ2n) is 2.92. The van der Waals surface area contributed by atoms with E-state index in [1.807, 2.05) is 0 Å². The molecule has 0 aliphatic heterocycles. The molecule has 0 bridgehead atoms. The van der Waals surface area contributed by atoms with Gasteiger partial charge in [0.2, 0.25) is 0 Å². The van der Waals surface area contributed by atoms with Crippen LogP contribution in [0.15, 0.2) is 24.3 Å². The van der Waals surface area contributed by atoms with E-state index in [9.17, 15) is 17.7 Å². The Bertz CT molecular complexity index is 309. The molecule has 0 aromatic heterocycles. The molecular weight excluding hydrogens is 213 g/mol. The van der Waals surface area contributed by atoms with Crippen LogP contribution >= 0.6 is 0 Å². The van der Waals surface area contributed by atoms with E-state index in [0.29, 0.717) is 5.56 Å². The van der Waals surface area contributed by atoms with Gasteiger partial charge in [-0.3, -0.25) is 0 Å². The highest BCUT2D eigenvalue weighted by molar-refractivity contribution is 7.89. The Hall–Kier alpha value is -0.680. The van der Waals surface area contributed by atoms with Crippen LogP contribution in [0, 0.1) is 0 Å². The molecule has 78 valence electrons. The van der Waals surface area contributed by atoms with Crippen LogP contribution in [-0.4, -0.2) is 10.8 Å². The van der Waals surface area contributed by atoms with Gasteiger partial charge in [-0.05, 0) is 12.1 Å². The van der Waals surface area contributed by atoms with Crippen LogP contribution in [0.3, 0.4) is 0 Å². The van der Waals surface area contributed by atoms with E-state index in [-0.39, 0.29) is 5.75 Å². The van der Waals surface area contributed by atoms with Gasteiger partial charge in [0.1, 0.15) is 5.75 Å². The molecule has 0 radical (unpaired) electrons. The van der Waals surface area contributed by atoms with E-state index in [0.717, 1.165) is 12.1 Å². The highest BCUT2D eigenvalue weighted by Crippen LogP contribution is 2.29. The fraction of sp³-hybridized carbons (Fsp3) is 0.333. The lowest BCUT2D eigenvalue weighted by Crippen LogP contribution is -2.07. The lowest BCUT2D eigenvalue weighted by molar-refractivity contribution is -0.137. The topological polar surface area (TPSA) is 23.1 Å². The van der Waals surface area contributed by atoms with Gasteiger partial charge in [-0.25, -0.2) is 0 Å². The van der Waals surface area contributed by atoms with Crippen LogP contribution in [0.4, 0.5) is 13.2 Å². The standard InChI is InChI=1S/C9H9F3OS/c1-14(13)6-7-3-2-4-8(5-7)9(10,11)12/h2-5H,6H2,1H3. The minimum absolute atomic E-state index is 0.157. The van der Waals surface area contributed by atoms with Crippen LogP contribution in [-0.2, 0) is 23.1 Å². The fourth-order valence-corrected chi connectivity index (χ4v) is 1.72. The number of benzene rings is 1. The first-order valence-corrected chi connectivity index (χ1v) is 5.58. The van der Waals surface area contributed by atoms with E-state index in [2.05, 4.69) is 0 Å². The second-order valence-corrected chi connectivity index (χ2v) is 4.35. The number of hydrogen-bond acceptors (Lipinski definition) is 1.